The van der Waals surface area contributed by atoms with E-state index in [0.717, 1.165) is 41.3 Å². The molecular formula is C14H18Cl2N2S. The van der Waals surface area contributed by atoms with Crippen LogP contribution in [0.4, 0.5) is 0 Å². The summed E-state index contributed by atoms with van der Waals surface area (Å²) in [7, 11) is 0. The third-order valence-electron chi connectivity index (χ3n) is 2.98. The summed E-state index contributed by atoms with van der Waals surface area (Å²) in [5, 5.41) is 0.733. The van der Waals surface area contributed by atoms with Crippen LogP contribution in [0.15, 0.2) is 18.2 Å². The molecule has 104 valence electrons. The van der Waals surface area contributed by atoms with Crippen molar-refractivity contribution in [3.63, 3.8) is 0 Å². The Morgan fingerprint density at radius 2 is 2.21 bits per heavy atom. The summed E-state index contributed by atoms with van der Waals surface area (Å²) in [5.74, 6) is 4.02. The van der Waals surface area contributed by atoms with Gasteiger partial charge in [0.25, 0.3) is 0 Å². The number of fused-ring (bicyclic) bond motifs is 1. The van der Waals surface area contributed by atoms with Gasteiger partial charge in [0, 0.05) is 23.9 Å². The Balaban J connectivity index is 2.24. The number of rotatable bonds is 7. The molecule has 2 rings (SSSR count). The number of hydrogen-bond donors (Lipinski definition) is 0. The fourth-order valence-electron chi connectivity index (χ4n) is 2.15. The number of imidazole rings is 1. The summed E-state index contributed by atoms with van der Waals surface area (Å²) in [5.41, 5.74) is 2.13. The summed E-state index contributed by atoms with van der Waals surface area (Å²) in [4.78, 5) is 4.65. The van der Waals surface area contributed by atoms with E-state index in [2.05, 4.69) is 22.5 Å². The molecule has 1 aromatic heterocycles. The summed E-state index contributed by atoms with van der Waals surface area (Å²) < 4.78 is 2.28. The van der Waals surface area contributed by atoms with E-state index in [1.165, 1.54) is 11.5 Å². The minimum absolute atomic E-state index is 0.598. The van der Waals surface area contributed by atoms with Crippen molar-refractivity contribution in [1.82, 2.24) is 9.55 Å². The fraction of sp³-hybridized carbons (Fsp3) is 0.500. The van der Waals surface area contributed by atoms with Crippen LogP contribution in [0.5, 0.6) is 0 Å². The molecule has 0 fully saturated rings. The SMILES string of the molecule is CCSCCCn1c(CCCl)nc2cc(Cl)ccc21. The lowest BCUT2D eigenvalue weighted by Gasteiger charge is -2.08. The van der Waals surface area contributed by atoms with Gasteiger partial charge in [0.2, 0.25) is 0 Å². The Bertz CT molecular complexity index is 539. The first-order valence-corrected chi connectivity index (χ1v) is 8.61. The van der Waals surface area contributed by atoms with Gasteiger partial charge in [-0.1, -0.05) is 18.5 Å². The highest BCUT2D eigenvalue weighted by Crippen LogP contribution is 2.21. The molecule has 0 aliphatic carbocycles. The van der Waals surface area contributed by atoms with Gasteiger partial charge in [0.1, 0.15) is 5.82 Å². The van der Waals surface area contributed by atoms with Crippen molar-refractivity contribution in [3.05, 3.63) is 29.0 Å². The number of halogens is 2. The van der Waals surface area contributed by atoms with Gasteiger partial charge in [-0.25, -0.2) is 4.98 Å². The van der Waals surface area contributed by atoms with E-state index in [-0.39, 0.29) is 0 Å². The van der Waals surface area contributed by atoms with E-state index in [4.69, 9.17) is 23.2 Å². The monoisotopic (exact) mass is 316 g/mol. The lowest BCUT2D eigenvalue weighted by molar-refractivity contribution is 0.664. The lowest BCUT2D eigenvalue weighted by Crippen LogP contribution is -2.05. The van der Waals surface area contributed by atoms with Gasteiger partial charge >= 0.3 is 0 Å². The molecule has 0 saturated carbocycles. The Kier molecular flexibility index (Phi) is 5.86. The average Bonchev–Trinajstić information content (AvgIpc) is 2.72. The van der Waals surface area contributed by atoms with E-state index < -0.39 is 0 Å². The number of benzene rings is 1. The van der Waals surface area contributed by atoms with Crippen molar-refractivity contribution in [3.8, 4) is 0 Å². The minimum atomic E-state index is 0.598. The maximum atomic E-state index is 6.02. The fourth-order valence-corrected chi connectivity index (χ4v) is 3.10. The lowest BCUT2D eigenvalue weighted by atomic mass is 10.3. The van der Waals surface area contributed by atoms with Crippen molar-refractivity contribution >= 4 is 46.0 Å². The minimum Gasteiger partial charge on any atom is -0.328 e. The Hall–Kier alpha value is -0.380. The topological polar surface area (TPSA) is 17.8 Å². The second-order valence-electron chi connectivity index (χ2n) is 4.30. The van der Waals surface area contributed by atoms with Crippen LogP contribution in [0.3, 0.4) is 0 Å². The van der Waals surface area contributed by atoms with Crippen LogP contribution in [0.2, 0.25) is 5.02 Å². The zero-order valence-electron chi connectivity index (χ0n) is 11.0. The van der Waals surface area contributed by atoms with Crippen molar-refractivity contribution in [2.45, 2.75) is 26.3 Å². The van der Waals surface area contributed by atoms with E-state index in [0.29, 0.717) is 5.88 Å². The van der Waals surface area contributed by atoms with Gasteiger partial charge in [-0.2, -0.15) is 11.8 Å². The molecule has 0 saturated heterocycles. The highest BCUT2D eigenvalue weighted by molar-refractivity contribution is 7.99. The highest BCUT2D eigenvalue weighted by atomic mass is 35.5. The first-order valence-electron chi connectivity index (χ1n) is 6.54. The van der Waals surface area contributed by atoms with Gasteiger partial charge in [-0.15, -0.1) is 11.6 Å². The molecule has 1 heterocycles. The summed E-state index contributed by atoms with van der Waals surface area (Å²) in [6.07, 6.45) is 1.96. The average molecular weight is 317 g/mol. The van der Waals surface area contributed by atoms with Crippen LogP contribution in [-0.2, 0) is 13.0 Å². The van der Waals surface area contributed by atoms with Crippen LogP contribution in [0.25, 0.3) is 11.0 Å². The summed E-state index contributed by atoms with van der Waals surface area (Å²) in [6.45, 7) is 3.19. The van der Waals surface area contributed by atoms with Crippen LogP contribution in [0, 0.1) is 0 Å². The van der Waals surface area contributed by atoms with Crippen LogP contribution < -0.4 is 0 Å². The molecule has 0 amide bonds. The van der Waals surface area contributed by atoms with E-state index >= 15 is 0 Å². The maximum Gasteiger partial charge on any atom is 0.111 e. The van der Waals surface area contributed by atoms with Gasteiger partial charge in [-0.05, 0) is 36.1 Å². The van der Waals surface area contributed by atoms with E-state index in [1.807, 2.05) is 23.9 Å². The zero-order chi connectivity index (χ0) is 13.7. The Morgan fingerprint density at radius 1 is 1.37 bits per heavy atom. The van der Waals surface area contributed by atoms with Gasteiger partial charge in [0.15, 0.2) is 0 Å². The molecule has 1 aromatic carbocycles. The third-order valence-corrected chi connectivity index (χ3v) is 4.39. The van der Waals surface area contributed by atoms with Gasteiger partial charge < -0.3 is 4.57 Å². The zero-order valence-corrected chi connectivity index (χ0v) is 13.4. The third kappa shape index (κ3) is 3.80. The molecule has 0 N–H and O–H groups in total. The molecular weight excluding hydrogens is 299 g/mol. The highest BCUT2D eigenvalue weighted by Gasteiger charge is 2.10. The predicted molar refractivity (Wildman–Crippen MR) is 86.8 cm³/mol. The number of hydrogen-bond acceptors (Lipinski definition) is 2. The summed E-state index contributed by atoms with van der Waals surface area (Å²) >= 11 is 13.9. The van der Waals surface area contributed by atoms with Crippen molar-refractivity contribution in [1.29, 1.82) is 0 Å². The molecule has 0 aliphatic rings. The van der Waals surface area contributed by atoms with Crippen LogP contribution in [-0.4, -0.2) is 26.9 Å². The second-order valence-corrected chi connectivity index (χ2v) is 6.51. The normalized spacial score (nSPS) is 11.3. The number of thioether (sulfide) groups is 1. The number of aromatic nitrogens is 2. The Labute approximate surface area is 128 Å². The number of alkyl halides is 1. The standard InChI is InChI=1S/C14H18Cl2N2S/c1-2-19-9-3-8-18-13-5-4-11(16)10-12(13)17-14(18)6-7-15/h4-5,10H,2-3,6-9H2,1H3. The van der Waals surface area contributed by atoms with E-state index in [9.17, 15) is 0 Å². The van der Waals surface area contributed by atoms with E-state index in [1.54, 1.807) is 0 Å². The van der Waals surface area contributed by atoms with Gasteiger partial charge in [0.05, 0.1) is 11.0 Å². The van der Waals surface area contributed by atoms with Crippen molar-refractivity contribution in [2.75, 3.05) is 17.4 Å². The molecule has 0 atom stereocenters. The van der Waals surface area contributed by atoms with Gasteiger partial charge in [-0.3, -0.25) is 0 Å². The maximum absolute atomic E-state index is 6.02. The number of nitrogens with zero attached hydrogens (tertiary/aromatic N) is 2. The molecule has 0 aliphatic heterocycles. The molecule has 0 radical (unpaired) electrons. The smallest absolute Gasteiger partial charge is 0.111 e. The molecule has 5 heteroatoms. The van der Waals surface area contributed by atoms with Crippen molar-refractivity contribution in [2.24, 2.45) is 0 Å². The molecule has 0 spiro atoms. The van der Waals surface area contributed by atoms with Crippen molar-refractivity contribution < 1.29 is 0 Å². The molecule has 2 aromatic rings. The number of aryl methyl sites for hydroxylation is 2. The Morgan fingerprint density at radius 3 is 2.95 bits per heavy atom. The van der Waals surface area contributed by atoms with Crippen LogP contribution in [0.1, 0.15) is 19.2 Å². The molecule has 0 unspecified atom stereocenters. The molecule has 19 heavy (non-hydrogen) atoms. The molecule has 2 nitrogen and oxygen atoms in total. The first-order chi connectivity index (χ1) is 9.26. The quantitative estimate of drug-likeness (QED) is 0.548. The molecule has 0 bridgehead atoms. The second kappa shape index (κ2) is 7.41. The predicted octanol–water partition coefficient (Wildman–Crippen LogP) is 4.61. The van der Waals surface area contributed by atoms with Crippen LogP contribution >= 0.6 is 35.0 Å². The summed E-state index contributed by atoms with van der Waals surface area (Å²) in [6, 6.07) is 5.90. The largest absolute Gasteiger partial charge is 0.328 e. The first kappa shape index (κ1) is 15.0.